The number of carbonyl (C=O) groups excluding carboxylic acids is 2. The third kappa shape index (κ3) is 6.64. The summed E-state index contributed by atoms with van der Waals surface area (Å²) in [5.74, 6) is -1.26. The molecule has 1 saturated carbocycles. The summed E-state index contributed by atoms with van der Waals surface area (Å²) in [4.78, 5) is 25.0. The molecule has 7 nitrogen and oxygen atoms in total. The number of carbonyl (C=O) groups is 2. The van der Waals surface area contributed by atoms with Gasteiger partial charge in [-0.2, -0.15) is 0 Å². The molecule has 1 aliphatic carbocycles. The fourth-order valence-electron chi connectivity index (χ4n) is 2.40. The molecule has 2 amide bonds. The molecule has 1 fully saturated rings. The van der Waals surface area contributed by atoms with E-state index >= 15 is 0 Å². The van der Waals surface area contributed by atoms with Crippen LogP contribution in [0.1, 0.15) is 52.9 Å². The molecule has 0 radical (unpaired) electrons. The van der Waals surface area contributed by atoms with Gasteiger partial charge >= 0.3 is 6.09 Å². The summed E-state index contributed by atoms with van der Waals surface area (Å²) in [6.07, 6.45) is 3.96. The lowest BCUT2D eigenvalue weighted by Gasteiger charge is -2.31. The minimum absolute atomic E-state index is 0.0815. The number of nitrogens with zero attached hydrogens (tertiary/aromatic N) is 1. The van der Waals surface area contributed by atoms with E-state index in [0.717, 1.165) is 32.1 Å². The van der Waals surface area contributed by atoms with E-state index in [2.05, 4.69) is 0 Å². The summed E-state index contributed by atoms with van der Waals surface area (Å²) in [5.41, 5.74) is -0.803. The molecule has 0 aliphatic heterocycles. The van der Waals surface area contributed by atoms with Gasteiger partial charge in [0.2, 0.25) is 15.9 Å². The first-order chi connectivity index (χ1) is 10.0. The van der Waals surface area contributed by atoms with Crippen LogP contribution in [0.3, 0.4) is 0 Å². The predicted octanol–water partition coefficient (Wildman–Crippen LogP) is 1.63. The van der Waals surface area contributed by atoms with E-state index in [-0.39, 0.29) is 6.04 Å². The average molecular weight is 334 g/mol. The molecule has 0 bridgehead atoms. The van der Waals surface area contributed by atoms with Gasteiger partial charge in [0.05, 0.1) is 0 Å². The summed E-state index contributed by atoms with van der Waals surface area (Å²) >= 11 is 0. The van der Waals surface area contributed by atoms with Gasteiger partial charge < -0.3 is 9.64 Å². The van der Waals surface area contributed by atoms with E-state index in [1.165, 1.54) is 4.90 Å². The molecule has 1 aliphatic rings. The first-order valence-corrected chi connectivity index (χ1v) is 9.14. The van der Waals surface area contributed by atoms with E-state index in [4.69, 9.17) is 4.74 Å². The first kappa shape index (κ1) is 18.7. The fraction of sp³-hybridized carbons (Fsp3) is 0.857. The Labute approximate surface area is 132 Å². The number of sulfonamides is 1. The van der Waals surface area contributed by atoms with E-state index in [1.807, 2.05) is 0 Å². The van der Waals surface area contributed by atoms with Gasteiger partial charge in [-0.3, -0.25) is 4.79 Å². The van der Waals surface area contributed by atoms with E-state index in [9.17, 15) is 18.0 Å². The highest BCUT2D eigenvalue weighted by Gasteiger charge is 2.28. The van der Waals surface area contributed by atoms with Crippen LogP contribution in [-0.2, 0) is 19.6 Å². The highest BCUT2D eigenvalue weighted by atomic mass is 32.2. The molecule has 0 saturated heterocycles. The topological polar surface area (TPSA) is 92.8 Å². The van der Waals surface area contributed by atoms with Gasteiger partial charge in [-0.25, -0.2) is 17.9 Å². The van der Waals surface area contributed by atoms with Crippen molar-refractivity contribution in [2.45, 2.75) is 64.5 Å². The largest absolute Gasteiger partial charge is 0.443 e. The molecule has 0 heterocycles. The second-order valence-corrected chi connectivity index (χ2v) is 8.38. The molecule has 0 aromatic carbocycles. The molecular weight excluding hydrogens is 308 g/mol. The van der Waals surface area contributed by atoms with Gasteiger partial charge in [0.25, 0.3) is 0 Å². The van der Waals surface area contributed by atoms with Crippen LogP contribution in [0.4, 0.5) is 4.79 Å². The van der Waals surface area contributed by atoms with Crippen molar-refractivity contribution in [1.29, 1.82) is 0 Å². The monoisotopic (exact) mass is 334 g/mol. The summed E-state index contributed by atoms with van der Waals surface area (Å²) < 4.78 is 30.4. The van der Waals surface area contributed by atoms with Crippen molar-refractivity contribution in [3.05, 3.63) is 0 Å². The van der Waals surface area contributed by atoms with E-state index in [1.54, 1.807) is 32.5 Å². The third-order valence-electron chi connectivity index (χ3n) is 3.47. The Hall–Kier alpha value is -1.31. The molecule has 22 heavy (non-hydrogen) atoms. The molecule has 1 rings (SSSR count). The van der Waals surface area contributed by atoms with Crippen molar-refractivity contribution in [2.24, 2.45) is 0 Å². The Balaban J connectivity index is 2.55. The zero-order chi connectivity index (χ0) is 17.0. The molecule has 0 spiro atoms. The predicted molar refractivity (Wildman–Crippen MR) is 82.8 cm³/mol. The highest BCUT2D eigenvalue weighted by molar-refractivity contribution is 7.90. The number of ether oxygens (including phenoxy) is 1. The number of nitrogens with one attached hydrogen (secondary N) is 1. The minimum atomic E-state index is -4.05. The second-order valence-electron chi connectivity index (χ2n) is 6.66. The Morgan fingerprint density at radius 1 is 1.18 bits per heavy atom. The number of hydrogen-bond donors (Lipinski definition) is 1. The van der Waals surface area contributed by atoms with Crippen LogP contribution >= 0.6 is 0 Å². The van der Waals surface area contributed by atoms with Crippen LogP contribution < -0.4 is 4.72 Å². The summed E-state index contributed by atoms with van der Waals surface area (Å²) in [6.45, 7) is 4.88. The fourth-order valence-corrected chi connectivity index (χ4v) is 3.29. The van der Waals surface area contributed by atoms with Crippen LogP contribution in [0, 0.1) is 0 Å². The molecule has 0 aromatic heterocycles. The zero-order valence-electron chi connectivity index (χ0n) is 13.7. The normalized spacial score (nSPS) is 16.9. The maximum absolute atomic E-state index is 12.1. The van der Waals surface area contributed by atoms with Crippen LogP contribution in [0.15, 0.2) is 0 Å². The van der Waals surface area contributed by atoms with Crippen LogP contribution in [0.2, 0.25) is 0 Å². The summed E-state index contributed by atoms with van der Waals surface area (Å²) in [7, 11) is -2.44. The van der Waals surface area contributed by atoms with E-state index < -0.39 is 33.4 Å². The molecule has 8 heteroatoms. The van der Waals surface area contributed by atoms with Gasteiger partial charge in [0, 0.05) is 13.1 Å². The molecule has 0 aromatic rings. The highest BCUT2D eigenvalue weighted by Crippen LogP contribution is 2.21. The molecule has 0 atom stereocenters. The van der Waals surface area contributed by atoms with Gasteiger partial charge in [-0.1, -0.05) is 19.3 Å². The van der Waals surface area contributed by atoms with Crippen molar-refractivity contribution < 1.29 is 22.7 Å². The SMILES string of the molecule is CN(C(=O)CS(=O)(=O)NC(=O)OC(C)(C)C)C1CCCCC1. The summed E-state index contributed by atoms with van der Waals surface area (Å²) in [5, 5.41) is 0. The van der Waals surface area contributed by atoms with Crippen molar-refractivity contribution in [3.8, 4) is 0 Å². The molecule has 0 unspecified atom stereocenters. The van der Waals surface area contributed by atoms with Crippen molar-refractivity contribution >= 4 is 22.0 Å². The van der Waals surface area contributed by atoms with Gasteiger partial charge in [0.1, 0.15) is 11.4 Å². The standard InChI is InChI=1S/C14H26N2O5S/c1-14(2,3)21-13(18)15-22(19,20)10-12(17)16(4)11-8-6-5-7-9-11/h11H,5-10H2,1-4H3,(H,15,18). The average Bonchev–Trinajstić information content (AvgIpc) is 2.35. The number of rotatable bonds is 4. The molecular formula is C14H26N2O5S. The number of hydrogen-bond acceptors (Lipinski definition) is 5. The molecule has 1 N–H and O–H groups in total. The third-order valence-corrected chi connectivity index (χ3v) is 4.57. The van der Waals surface area contributed by atoms with Crippen LogP contribution in [0.25, 0.3) is 0 Å². The van der Waals surface area contributed by atoms with Gasteiger partial charge in [-0.05, 0) is 33.6 Å². The zero-order valence-corrected chi connectivity index (χ0v) is 14.5. The maximum Gasteiger partial charge on any atom is 0.421 e. The minimum Gasteiger partial charge on any atom is -0.443 e. The lowest BCUT2D eigenvalue weighted by atomic mass is 9.94. The van der Waals surface area contributed by atoms with Crippen LogP contribution in [-0.4, -0.2) is 49.8 Å². The van der Waals surface area contributed by atoms with Gasteiger partial charge in [0.15, 0.2) is 0 Å². The first-order valence-electron chi connectivity index (χ1n) is 7.49. The lowest BCUT2D eigenvalue weighted by Crippen LogP contribution is -2.45. The van der Waals surface area contributed by atoms with Crippen molar-refractivity contribution in [2.75, 3.05) is 12.8 Å². The van der Waals surface area contributed by atoms with Gasteiger partial charge in [-0.15, -0.1) is 0 Å². The summed E-state index contributed by atoms with van der Waals surface area (Å²) in [6, 6.07) is 0.0815. The Bertz CT molecular complexity index is 504. The quantitative estimate of drug-likeness (QED) is 0.843. The van der Waals surface area contributed by atoms with Crippen molar-refractivity contribution in [1.82, 2.24) is 9.62 Å². The number of amides is 2. The van der Waals surface area contributed by atoms with Crippen molar-refractivity contribution in [3.63, 3.8) is 0 Å². The Morgan fingerprint density at radius 3 is 2.23 bits per heavy atom. The maximum atomic E-state index is 12.1. The van der Waals surface area contributed by atoms with E-state index in [0.29, 0.717) is 0 Å². The molecule has 128 valence electrons. The Morgan fingerprint density at radius 2 is 1.73 bits per heavy atom. The Kier molecular flexibility index (Phi) is 6.22. The lowest BCUT2D eigenvalue weighted by molar-refractivity contribution is -0.129. The van der Waals surface area contributed by atoms with Crippen LogP contribution in [0.5, 0.6) is 0 Å². The smallest absolute Gasteiger partial charge is 0.421 e. The second kappa shape index (κ2) is 7.30.